The van der Waals surface area contributed by atoms with Gasteiger partial charge in [0.2, 0.25) is 12.7 Å². The van der Waals surface area contributed by atoms with Crippen LogP contribution in [0, 0.1) is 0 Å². The molecule has 0 saturated carbocycles. The first-order valence-electron chi connectivity index (χ1n) is 8.89. The van der Waals surface area contributed by atoms with Crippen molar-refractivity contribution in [3.63, 3.8) is 0 Å². The second-order valence-corrected chi connectivity index (χ2v) is 7.53. The van der Waals surface area contributed by atoms with Gasteiger partial charge in [0.25, 0.3) is 5.91 Å². The highest BCUT2D eigenvalue weighted by molar-refractivity contribution is 7.09. The van der Waals surface area contributed by atoms with Crippen molar-refractivity contribution in [1.29, 1.82) is 0 Å². The zero-order valence-electron chi connectivity index (χ0n) is 15.0. The van der Waals surface area contributed by atoms with Gasteiger partial charge in [-0.15, -0.1) is 11.3 Å². The number of urea groups is 1. The van der Waals surface area contributed by atoms with Crippen molar-refractivity contribution in [1.82, 2.24) is 15.5 Å². The highest BCUT2D eigenvalue weighted by atomic mass is 32.1. The number of nitrogens with zero attached hydrogens (tertiary/aromatic N) is 1. The Bertz CT molecular complexity index is 899. The van der Waals surface area contributed by atoms with Crippen LogP contribution in [0.5, 0.6) is 11.5 Å². The molecular weight excluding hydrogens is 382 g/mol. The number of hydrogen-bond donors (Lipinski definition) is 2. The predicted molar refractivity (Wildman–Crippen MR) is 101 cm³/mol. The van der Waals surface area contributed by atoms with Gasteiger partial charge in [0.1, 0.15) is 6.04 Å². The highest BCUT2D eigenvalue weighted by Crippen LogP contribution is 2.33. The van der Waals surface area contributed by atoms with Gasteiger partial charge in [-0.05, 0) is 35.6 Å². The molecule has 2 aromatic rings. The topological polar surface area (TPSA) is 97.0 Å². The lowest BCUT2D eigenvalue weighted by molar-refractivity contribution is -0.131. The van der Waals surface area contributed by atoms with Gasteiger partial charge in [-0.1, -0.05) is 12.1 Å². The second-order valence-electron chi connectivity index (χ2n) is 6.50. The molecule has 1 aromatic heterocycles. The maximum Gasteiger partial charge on any atom is 0.325 e. The van der Waals surface area contributed by atoms with Crippen LogP contribution in [0.3, 0.4) is 0 Å². The van der Waals surface area contributed by atoms with E-state index in [0.29, 0.717) is 18.0 Å². The average Bonchev–Trinajstić information content (AvgIpc) is 3.40. The molecule has 0 spiro atoms. The van der Waals surface area contributed by atoms with Crippen LogP contribution in [0.25, 0.3) is 0 Å². The van der Waals surface area contributed by atoms with Crippen LogP contribution in [0.2, 0.25) is 0 Å². The molecular formula is C19H19N3O5S. The minimum Gasteiger partial charge on any atom is -0.454 e. The molecule has 146 valence electrons. The molecule has 4 amide bonds. The van der Waals surface area contributed by atoms with Gasteiger partial charge in [0.15, 0.2) is 11.5 Å². The van der Waals surface area contributed by atoms with Crippen LogP contribution in [0.15, 0.2) is 35.7 Å². The monoisotopic (exact) mass is 401 g/mol. The van der Waals surface area contributed by atoms with Crippen molar-refractivity contribution < 1.29 is 23.9 Å². The minimum atomic E-state index is -0.844. The number of carbonyl (C=O) groups is 3. The first-order valence-corrected chi connectivity index (χ1v) is 9.77. The van der Waals surface area contributed by atoms with E-state index >= 15 is 0 Å². The lowest BCUT2D eigenvalue weighted by Crippen LogP contribution is -2.37. The van der Waals surface area contributed by atoms with E-state index in [0.717, 1.165) is 16.9 Å². The van der Waals surface area contributed by atoms with Crippen molar-refractivity contribution >= 4 is 29.2 Å². The molecule has 2 aliphatic rings. The number of amides is 4. The maximum absolute atomic E-state index is 12.6. The Hall–Kier alpha value is -3.07. The molecule has 1 aromatic carbocycles. The first-order chi connectivity index (χ1) is 13.6. The van der Waals surface area contributed by atoms with E-state index in [1.54, 1.807) is 29.5 Å². The third kappa shape index (κ3) is 3.94. The normalized spacial score (nSPS) is 17.7. The number of carbonyl (C=O) groups excluding carboxylic acids is 3. The highest BCUT2D eigenvalue weighted by Gasteiger charge is 2.39. The number of fused-ring (bicyclic) bond motifs is 1. The summed E-state index contributed by atoms with van der Waals surface area (Å²) >= 11 is 1.63. The molecule has 1 unspecified atom stereocenters. The van der Waals surface area contributed by atoms with E-state index in [-0.39, 0.29) is 25.7 Å². The maximum atomic E-state index is 12.6. The summed E-state index contributed by atoms with van der Waals surface area (Å²) in [6, 6.07) is 7.89. The van der Waals surface area contributed by atoms with Gasteiger partial charge in [0, 0.05) is 11.4 Å². The zero-order valence-corrected chi connectivity index (χ0v) is 15.8. The largest absolute Gasteiger partial charge is 0.454 e. The minimum absolute atomic E-state index is 0.0767. The molecule has 8 nitrogen and oxygen atoms in total. The fourth-order valence-corrected chi connectivity index (χ4v) is 3.83. The van der Waals surface area contributed by atoms with Crippen molar-refractivity contribution in [2.24, 2.45) is 0 Å². The molecule has 3 heterocycles. The van der Waals surface area contributed by atoms with E-state index in [9.17, 15) is 14.4 Å². The number of nitrogens with one attached hydrogen (secondary N) is 2. The Morgan fingerprint density at radius 3 is 2.93 bits per heavy atom. The molecule has 28 heavy (non-hydrogen) atoms. The Morgan fingerprint density at radius 2 is 2.11 bits per heavy atom. The molecule has 1 atom stereocenters. The van der Waals surface area contributed by atoms with E-state index in [1.165, 1.54) is 4.88 Å². The van der Waals surface area contributed by atoms with Gasteiger partial charge in [-0.25, -0.2) is 4.79 Å². The number of hydrogen-bond acceptors (Lipinski definition) is 6. The summed E-state index contributed by atoms with van der Waals surface area (Å²) in [4.78, 5) is 39.2. The van der Waals surface area contributed by atoms with Crippen molar-refractivity contribution in [2.75, 3.05) is 13.3 Å². The Labute approximate surface area is 165 Å². The number of imide groups is 1. The second kappa shape index (κ2) is 7.89. The van der Waals surface area contributed by atoms with Crippen molar-refractivity contribution in [3.8, 4) is 11.5 Å². The zero-order chi connectivity index (χ0) is 19.5. The van der Waals surface area contributed by atoms with Crippen molar-refractivity contribution in [3.05, 3.63) is 46.2 Å². The summed E-state index contributed by atoms with van der Waals surface area (Å²) in [5.41, 5.74) is 0.744. The molecule has 1 fully saturated rings. The molecule has 0 radical (unpaired) electrons. The third-order valence-electron chi connectivity index (χ3n) is 4.55. The molecule has 0 bridgehead atoms. The van der Waals surface area contributed by atoms with E-state index in [1.807, 2.05) is 17.5 Å². The molecule has 2 N–H and O–H groups in total. The number of rotatable bonds is 7. The number of thiophene rings is 1. The van der Waals surface area contributed by atoms with Crippen LogP contribution < -0.4 is 20.1 Å². The van der Waals surface area contributed by atoms with E-state index < -0.39 is 18.0 Å². The van der Waals surface area contributed by atoms with Crippen LogP contribution in [-0.4, -0.2) is 42.1 Å². The standard InChI is InChI=1S/C19H19N3O5S/c23-17(20-6-5-13-2-1-7-28-13)9-14-18(24)22(19(25)21-14)10-12-3-4-15-16(8-12)27-11-26-15/h1-4,7-8,14H,5-6,9-11H2,(H,20,23)(H,21,25). The van der Waals surface area contributed by atoms with Crippen molar-refractivity contribution in [2.45, 2.75) is 25.4 Å². The van der Waals surface area contributed by atoms with Gasteiger partial charge < -0.3 is 20.1 Å². The summed E-state index contributed by atoms with van der Waals surface area (Å²) in [6.07, 6.45) is 0.664. The predicted octanol–water partition coefficient (Wildman–Crippen LogP) is 1.65. The summed E-state index contributed by atoms with van der Waals surface area (Å²) < 4.78 is 10.6. The van der Waals surface area contributed by atoms with E-state index in [2.05, 4.69) is 10.6 Å². The summed E-state index contributed by atoms with van der Waals surface area (Å²) in [7, 11) is 0. The molecule has 1 saturated heterocycles. The average molecular weight is 401 g/mol. The summed E-state index contributed by atoms with van der Waals surface area (Å²) in [5, 5.41) is 7.36. The lowest BCUT2D eigenvalue weighted by atomic mass is 10.1. The Balaban J connectivity index is 1.30. The van der Waals surface area contributed by atoms with Gasteiger partial charge in [-0.3, -0.25) is 14.5 Å². The van der Waals surface area contributed by atoms with E-state index in [4.69, 9.17) is 9.47 Å². The Morgan fingerprint density at radius 1 is 1.25 bits per heavy atom. The van der Waals surface area contributed by atoms with Gasteiger partial charge in [0.05, 0.1) is 13.0 Å². The molecule has 0 aliphatic carbocycles. The fraction of sp³-hybridized carbons (Fsp3) is 0.316. The number of ether oxygens (including phenoxy) is 2. The van der Waals surface area contributed by atoms with Gasteiger partial charge in [-0.2, -0.15) is 0 Å². The molecule has 9 heteroatoms. The first kappa shape index (κ1) is 18.3. The van der Waals surface area contributed by atoms with Crippen LogP contribution >= 0.6 is 11.3 Å². The number of benzene rings is 1. The van der Waals surface area contributed by atoms with Crippen LogP contribution in [-0.2, 0) is 22.6 Å². The SMILES string of the molecule is O=C(CC1NC(=O)N(Cc2ccc3c(c2)OCO3)C1=O)NCCc1cccs1. The summed E-state index contributed by atoms with van der Waals surface area (Å²) in [6.45, 7) is 0.762. The van der Waals surface area contributed by atoms with Crippen LogP contribution in [0.4, 0.5) is 4.79 Å². The molecule has 4 rings (SSSR count). The lowest BCUT2D eigenvalue weighted by Gasteiger charge is -2.13. The smallest absolute Gasteiger partial charge is 0.325 e. The molecule has 2 aliphatic heterocycles. The Kier molecular flexibility index (Phi) is 5.16. The fourth-order valence-electron chi connectivity index (χ4n) is 3.12. The quantitative estimate of drug-likeness (QED) is 0.688. The third-order valence-corrected chi connectivity index (χ3v) is 5.48. The van der Waals surface area contributed by atoms with Gasteiger partial charge >= 0.3 is 6.03 Å². The van der Waals surface area contributed by atoms with Crippen LogP contribution in [0.1, 0.15) is 16.9 Å². The summed E-state index contributed by atoms with van der Waals surface area (Å²) in [5.74, 6) is 0.556.